The number of imidazole rings is 1. The second kappa shape index (κ2) is 8.75. The Balaban J connectivity index is 1.59. The van der Waals surface area contributed by atoms with E-state index in [1.165, 1.54) is 4.88 Å². The molecule has 0 aliphatic heterocycles. The third-order valence-corrected chi connectivity index (χ3v) is 5.88. The zero-order valence-corrected chi connectivity index (χ0v) is 17.3. The van der Waals surface area contributed by atoms with Crippen molar-refractivity contribution in [2.75, 3.05) is 6.54 Å². The molecular weight excluding hydrogens is 404 g/mol. The summed E-state index contributed by atoms with van der Waals surface area (Å²) in [6, 6.07) is 19.0. The van der Waals surface area contributed by atoms with E-state index in [1.807, 2.05) is 54.3 Å². The Bertz CT molecular complexity index is 1150. The Kier molecular flexibility index (Phi) is 5.90. The number of nitrogens with zero attached hydrogens (tertiary/aromatic N) is 2. The normalized spacial score (nSPS) is 11.3. The molecule has 2 heterocycles. The number of thiophene rings is 1. The molecule has 4 nitrogen and oxygen atoms in total. The van der Waals surface area contributed by atoms with Crippen molar-refractivity contribution in [2.24, 2.45) is 0 Å². The third kappa shape index (κ3) is 4.57. The van der Waals surface area contributed by atoms with Crippen LogP contribution in [0.3, 0.4) is 0 Å². The average molecular weight is 426 g/mol. The predicted octanol–water partition coefficient (Wildman–Crippen LogP) is 5.76. The molecule has 2 aromatic carbocycles. The molecule has 0 unspecified atom stereocenters. The van der Waals surface area contributed by atoms with Crippen molar-refractivity contribution < 1.29 is 13.6 Å². The minimum atomic E-state index is -2.68. The molecule has 0 saturated carbocycles. The van der Waals surface area contributed by atoms with Gasteiger partial charge in [0.05, 0.1) is 17.6 Å². The van der Waals surface area contributed by atoms with Gasteiger partial charge < -0.3 is 9.88 Å². The van der Waals surface area contributed by atoms with E-state index in [1.54, 1.807) is 29.5 Å². The average Bonchev–Trinajstić information content (AvgIpc) is 3.36. The highest BCUT2D eigenvalue weighted by molar-refractivity contribution is 7.11. The number of rotatable bonds is 7. The standard InChI is InChI=1S/C23H21F2N3OS/c1-15-7-9-18(30-15)14-28(12-11-16-5-3-2-4-6-16)23(29)17-8-10-19-20(13-17)27-22(26-19)21(24)25/h2-10,13,21H,11-12,14H2,1H3,(H,26,27). The molecular formula is C23H21F2N3OS. The minimum Gasteiger partial charge on any atom is -0.337 e. The van der Waals surface area contributed by atoms with Crippen LogP contribution in [0.1, 0.15) is 37.9 Å². The summed E-state index contributed by atoms with van der Waals surface area (Å²) in [6.45, 7) is 3.10. The van der Waals surface area contributed by atoms with Gasteiger partial charge in [-0.15, -0.1) is 11.3 Å². The summed E-state index contributed by atoms with van der Waals surface area (Å²) < 4.78 is 25.9. The molecule has 154 valence electrons. The van der Waals surface area contributed by atoms with Crippen LogP contribution in [0.2, 0.25) is 0 Å². The van der Waals surface area contributed by atoms with E-state index in [-0.39, 0.29) is 11.7 Å². The number of nitrogens with one attached hydrogen (secondary N) is 1. The van der Waals surface area contributed by atoms with Crippen molar-refractivity contribution in [3.63, 3.8) is 0 Å². The number of aromatic amines is 1. The van der Waals surface area contributed by atoms with Gasteiger partial charge in [-0.3, -0.25) is 4.79 Å². The number of fused-ring (bicyclic) bond motifs is 1. The van der Waals surface area contributed by atoms with Gasteiger partial charge in [0.2, 0.25) is 0 Å². The van der Waals surface area contributed by atoms with Crippen LogP contribution in [0.25, 0.3) is 11.0 Å². The number of H-pyrrole nitrogens is 1. The number of amides is 1. The van der Waals surface area contributed by atoms with Crippen LogP contribution >= 0.6 is 11.3 Å². The third-order valence-electron chi connectivity index (χ3n) is 4.90. The second-order valence-corrected chi connectivity index (χ2v) is 8.50. The van der Waals surface area contributed by atoms with Crippen molar-refractivity contribution >= 4 is 28.3 Å². The molecule has 30 heavy (non-hydrogen) atoms. The van der Waals surface area contributed by atoms with Gasteiger partial charge in [-0.1, -0.05) is 30.3 Å². The first-order valence-electron chi connectivity index (χ1n) is 9.66. The summed E-state index contributed by atoms with van der Waals surface area (Å²) >= 11 is 1.67. The van der Waals surface area contributed by atoms with Gasteiger partial charge in [0.15, 0.2) is 5.82 Å². The first-order chi connectivity index (χ1) is 14.5. The summed E-state index contributed by atoms with van der Waals surface area (Å²) in [4.78, 5) is 23.9. The summed E-state index contributed by atoms with van der Waals surface area (Å²) in [5.74, 6) is -0.517. The maximum Gasteiger partial charge on any atom is 0.295 e. The molecule has 7 heteroatoms. The smallest absolute Gasteiger partial charge is 0.295 e. The molecule has 0 aliphatic rings. The van der Waals surface area contributed by atoms with E-state index in [0.29, 0.717) is 29.7 Å². The Morgan fingerprint density at radius 1 is 1.13 bits per heavy atom. The van der Waals surface area contributed by atoms with Crippen LogP contribution in [0, 0.1) is 6.92 Å². The fourth-order valence-electron chi connectivity index (χ4n) is 3.37. The highest BCUT2D eigenvalue weighted by Crippen LogP contribution is 2.23. The fraction of sp³-hybridized carbons (Fsp3) is 0.217. The molecule has 0 fully saturated rings. The van der Waals surface area contributed by atoms with Gasteiger partial charge in [-0.2, -0.15) is 0 Å². The molecule has 4 rings (SSSR count). The van der Waals surface area contributed by atoms with E-state index in [9.17, 15) is 13.6 Å². The fourth-order valence-corrected chi connectivity index (χ4v) is 4.27. The lowest BCUT2D eigenvalue weighted by atomic mass is 10.1. The van der Waals surface area contributed by atoms with Gasteiger partial charge in [0, 0.05) is 21.9 Å². The van der Waals surface area contributed by atoms with E-state index < -0.39 is 6.43 Å². The quantitative estimate of drug-likeness (QED) is 0.410. The molecule has 0 atom stereocenters. The maximum absolute atomic E-state index is 13.3. The van der Waals surface area contributed by atoms with Gasteiger partial charge in [-0.05, 0) is 49.2 Å². The highest BCUT2D eigenvalue weighted by Gasteiger charge is 2.19. The number of halogens is 2. The largest absolute Gasteiger partial charge is 0.337 e. The Labute approximate surface area is 177 Å². The zero-order valence-electron chi connectivity index (χ0n) is 16.4. The second-order valence-electron chi connectivity index (χ2n) is 7.13. The van der Waals surface area contributed by atoms with Crippen LogP contribution in [0.5, 0.6) is 0 Å². The molecule has 0 bridgehead atoms. The van der Waals surface area contributed by atoms with Gasteiger partial charge in [0.1, 0.15) is 0 Å². The Morgan fingerprint density at radius 3 is 2.63 bits per heavy atom. The Hall–Kier alpha value is -3.06. The van der Waals surface area contributed by atoms with E-state index in [2.05, 4.69) is 9.97 Å². The molecule has 0 radical (unpaired) electrons. The lowest BCUT2D eigenvalue weighted by molar-refractivity contribution is 0.0747. The lowest BCUT2D eigenvalue weighted by Gasteiger charge is -2.22. The number of benzene rings is 2. The highest BCUT2D eigenvalue weighted by atomic mass is 32.1. The van der Waals surface area contributed by atoms with Crippen LogP contribution in [0.15, 0.2) is 60.7 Å². The molecule has 1 N–H and O–H groups in total. The number of carbonyl (C=O) groups excluding carboxylic acids is 1. The van der Waals surface area contributed by atoms with Crippen molar-refractivity contribution in [2.45, 2.75) is 26.3 Å². The van der Waals surface area contributed by atoms with E-state index >= 15 is 0 Å². The first-order valence-corrected chi connectivity index (χ1v) is 10.5. The van der Waals surface area contributed by atoms with Crippen LogP contribution in [-0.4, -0.2) is 27.3 Å². The van der Waals surface area contributed by atoms with Crippen molar-refractivity contribution in [1.82, 2.24) is 14.9 Å². The van der Waals surface area contributed by atoms with E-state index in [4.69, 9.17) is 0 Å². The van der Waals surface area contributed by atoms with Gasteiger partial charge >= 0.3 is 0 Å². The molecule has 0 aliphatic carbocycles. The predicted molar refractivity (Wildman–Crippen MR) is 115 cm³/mol. The molecule has 1 amide bonds. The Morgan fingerprint density at radius 2 is 1.93 bits per heavy atom. The number of hydrogen-bond acceptors (Lipinski definition) is 3. The maximum atomic E-state index is 13.3. The van der Waals surface area contributed by atoms with Crippen molar-refractivity contribution in [3.05, 3.63) is 87.4 Å². The summed E-state index contributed by atoms with van der Waals surface area (Å²) in [5, 5.41) is 0. The molecule has 4 aromatic rings. The summed E-state index contributed by atoms with van der Waals surface area (Å²) in [6.07, 6.45) is -1.94. The molecule has 2 aromatic heterocycles. The van der Waals surface area contributed by atoms with Crippen molar-refractivity contribution in [3.8, 4) is 0 Å². The first kappa shape index (κ1) is 20.2. The lowest BCUT2D eigenvalue weighted by Crippen LogP contribution is -2.32. The van der Waals surface area contributed by atoms with Gasteiger partial charge in [-0.25, -0.2) is 13.8 Å². The monoisotopic (exact) mass is 425 g/mol. The van der Waals surface area contributed by atoms with E-state index in [0.717, 1.165) is 16.9 Å². The van der Waals surface area contributed by atoms with Crippen LogP contribution in [-0.2, 0) is 13.0 Å². The van der Waals surface area contributed by atoms with Crippen molar-refractivity contribution in [1.29, 1.82) is 0 Å². The molecule has 0 saturated heterocycles. The van der Waals surface area contributed by atoms with Gasteiger partial charge in [0.25, 0.3) is 12.3 Å². The van der Waals surface area contributed by atoms with Crippen LogP contribution < -0.4 is 0 Å². The van der Waals surface area contributed by atoms with Crippen LogP contribution in [0.4, 0.5) is 8.78 Å². The number of aromatic nitrogens is 2. The summed E-state index contributed by atoms with van der Waals surface area (Å²) in [7, 11) is 0. The topological polar surface area (TPSA) is 49.0 Å². The number of carbonyl (C=O) groups is 1. The zero-order chi connectivity index (χ0) is 21.1. The minimum absolute atomic E-state index is 0.132. The summed E-state index contributed by atoms with van der Waals surface area (Å²) in [5.41, 5.74) is 2.47. The number of hydrogen-bond donors (Lipinski definition) is 1. The SMILES string of the molecule is Cc1ccc(CN(CCc2ccccc2)C(=O)c2ccc3nc(C(F)F)[nH]c3c2)s1. The molecule has 0 spiro atoms. The number of aryl methyl sites for hydroxylation is 1. The number of alkyl halides is 2.